The van der Waals surface area contributed by atoms with Gasteiger partial charge < -0.3 is 20.2 Å². The van der Waals surface area contributed by atoms with Gasteiger partial charge in [-0.1, -0.05) is 6.07 Å². The summed E-state index contributed by atoms with van der Waals surface area (Å²) in [6.07, 6.45) is 1.82. The minimum absolute atomic E-state index is 0.00533. The van der Waals surface area contributed by atoms with E-state index in [1.807, 2.05) is 0 Å². The van der Waals surface area contributed by atoms with Gasteiger partial charge in [0.1, 0.15) is 0 Å². The van der Waals surface area contributed by atoms with Crippen LogP contribution in [0.25, 0.3) is 0 Å². The Kier molecular flexibility index (Phi) is 3.95. The third kappa shape index (κ3) is 2.81. The van der Waals surface area contributed by atoms with Crippen molar-refractivity contribution in [2.45, 2.75) is 38.3 Å². The number of amides is 1. The summed E-state index contributed by atoms with van der Waals surface area (Å²) >= 11 is 0. The summed E-state index contributed by atoms with van der Waals surface area (Å²) in [4.78, 5) is 14.1. The van der Waals surface area contributed by atoms with Crippen LogP contribution in [0.1, 0.15) is 36.5 Å². The highest BCUT2D eigenvalue weighted by Crippen LogP contribution is 2.31. The molecule has 2 atom stereocenters. The molecular formula is C14H19NO4. The van der Waals surface area contributed by atoms with Crippen molar-refractivity contribution in [2.24, 2.45) is 0 Å². The minimum Gasteiger partial charge on any atom is -0.504 e. The highest BCUT2D eigenvalue weighted by Gasteiger charge is 2.31. The van der Waals surface area contributed by atoms with Gasteiger partial charge in [-0.15, -0.1) is 0 Å². The number of phenols is 2. The van der Waals surface area contributed by atoms with Crippen molar-refractivity contribution in [1.82, 2.24) is 4.90 Å². The van der Waals surface area contributed by atoms with E-state index in [1.54, 1.807) is 11.8 Å². The van der Waals surface area contributed by atoms with Gasteiger partial charge in [-0.3, -0.25) is 4.79 Å². The molecule has 0 saturated carbocycles. The molecule has 2 rings (SSSR count). The number of carbonyl (C=O) groups is 1. The molecular weight excluding hydrogens is 246 g/mol. The normalized spacial score (nSPS) is 20.5. The second-order valence-electron chi connectivity index (χ2n) is 5.05. The molecule has 104 valence electrons. The number of carbonyl (C=O) groups excluding carboxylic acids is 1. The Morgan fingerprint density at radius 3 is 2.89 bits per heavy atom. The van der Waals surface area contributed by atoms with Crippen LogP contribution in [0, 0.1) is 0 Å². The van der Waals surface area contributed by atoms with Crippen LogP contribution < -0.4 is 0 Å². The number of nitrogens with zero attached hydrogens (tertiary/aromatic N) is 1. The van der Waals surface area contributed by atoms with E-state index in [-0.39, 0.29) is 29.0 Å². The number of para-hydroxylation sites is 1. The fourth-order valence-corrected chi connectivity index (χ4v) is 2.60. The highest BCUT2D eigenvalue weighted by molar-refractivity contribution is 5.98. The monoisotopic (exact) mass is 265 g/mol. The molecule has 1 aliphatic rings. The van der Waals surface area contributed by atoms with Crippen LogP contribution in [0.4, 0.5) is 0 Å². The Labute approximate surface area is 112 Å². The highest BCUT2D eigenvalue weighted by atomic mass is 16.3. The largest absolute Gasteiger partial charge is 0.504 e. The summed E-state index contributed by atoms with van der Waals surface area (Å²) in [7, 11) is 0. The van der Waals surface area contributed by atoms with E-state index in [4.69, 9.17) is 0 Å². The zero-order valence-corrected chi connectivity index (χ0v) is 10.9. The lowest BCUT2D eigenvalue weighted by Gasteiger charge is -2.26. The van der Waals surface area contributed by atoms with Crippen molar-refractivity contribution < 1.29 is 20.1 Å². The van der Waals surface area contributed by atoms with E-state index in [0.29, 0.717) is 13.0 Å². The van der Waals surface area contributed by atoms with Crippen molar-refractivity contribution >= 4 is 5.91 Å². The van der Waals surface area contributed by atoms with Gasteiger partial charge in [0.15, 0.2) is 11.5 Å². The third-order valence-corrected chi connectivity index (χ3v) is 3.50. The number of hydrogen-bond acceptors (Lipinski definition) is 4. The van der Waals surface area contributed by atoms with Gasteiger partial charge >= 0.3 is 0 Å². The zero-order chi connectivity index (χ0) is 14.0. The predicted octanol–water partition coefficient (Wildman–Crippen LogP) is 1.47. The van der Waals surface area contributed by atoms with Gasteiger partial charge in [-0.05, 0) is 38.3 Å². The SMILES string of the molecule is CC(O)CC1CCCN1C(=O)c1cccc(O)c1O. The molecule has 1 amide bonds. The quantitative estimate of drug-likeness (QED) is 0.723. The molecule has 0 radical (unpaired) electrons. The Morgan fingerprint density at radius 1 is 1.47 bits per heavy atom. The second-order valence-corrected chi connectivity index (χ2v) is 5.05. The molecule has 1 aliphatic heterocycles. The number of aromatic hydroxyl groups is 2. The molecule has 3 N–H and O–H groups in total. The first-order valence-corrected chi connectivity index (χ1v) is 6.50. The fourth-order valence-electron chi connectivity index (χ4n) is 2.60. The maximum atomic E-state index is 12.4. The standard InChI is InChI=1S/C14H19NO4/c1-9(16)8-10-4-3-7-15(10)14(19)11-5-2-6-12(17)13(11)18/h2,5-6,9-10,16-18H,3-4,7-8H2,1H3. The lowest BCUT2D eigenvalue weighted by Crippen LogP contribution is -2.37. The molecule has 5 nitrogen and oxygen atoms in total. The first-order chi connectivity index (χ1) is 9.00. The molecule has 1 fully saturated rings. The summed E-state index contributed by atoms with van der Waals surface area (Å²) in [6, 6.07) is 4.36. The molecule has 2 unspecified atom stereocenters. The predicted molar refractivity (Wildman–Crippen MR) is 70.1 cm³/mol. The van der Waals surface area contributed by atoms with Gasteiger partial charge in [0.2, 0.25) is 0 Å². The van der Waals surface area contributed by atoms with Crippen LogP contribution in [-0.4, -0.2) is 44.8 Å². The van der Waals surface area contributed by atoms with Crippen molar-refractivity contribution in [1.29, 1.82) is 0 Å². The Hall–Kier alpha value is -1.75. The lowest BCUT2D eigenvalue weighted by atomic mass is 10.1. The molecule has 0 aliphatic carbocycles. The van der Waals surface area contributed by atoms with Crippen molar-refractivity contribution in [3.63, 3.8) is 0 Å². The fraction of sp³-hybridized carbons (Fsp3) is 0.500. The van der Waals surface area contributed by atoms with Crippen LogP contribution in [-0.2, 0) is 0 Å². The molecule has 1 saturated heterocycles. The van der Waals surface area contributed by atoms with Gasteiger partial charge in [-0.2, -0.15) is 0 Å². The summed E-state index contributed by atoms with van der Waals surface area (Å²) in [5.74, 6) is -0.969. The zero-order valence-electron chi connectivity index (χ0n) is 10.9. The number of rotatable bonds is 3. The Morgan fingerprint density at radius 2 is 2.21 bits per heavy atom. The van der Waals surface area contributed by atoms with Crippen LogP contribution in [0.5, 0.6) is 11.5 Å². The van der Waals surface area contributed by atoms with E-state index in [1.165, 1.54) is 18.2 Å². The second kappa shape index (κ2) is 5.48. The van der Waals surface area contributed by atoms with Gasteiger partial charge in [0.25, 0.3) is 5.91 Å². The number of benzene rings is 1. The summed E-state index contributed by atoms with van der Waals surface area (Å²) in [5, 5.41) is 28.6. The minimum atomic E-state index is -0.462. The van der Waals surface area contributed by atoms with Gasteiger partial charge in [0.05, 0.1) is 11.7 Å². The molecule has 1 aromatic carbocycles. The number of aliphatic hydroxyl groups excluding tert-OH is 1. The van der Waals surface area contributed by atoms with E-state index < -0.39 is 6.10 Å². The molecule has 0 aromatic heterocycles. The van der Waals surface area contributed by atoms with Crippen LogP contribution in [0.15, 0.2) is 18.2 Å². The molecule has 1 heterocycles. The maximum absolute atomic E-state index is 12.4. The number of hydrogen-bond donors (Lipinski definition) is 3. The molecule has 0 bridgehead atoms. The van der Waals surface area contributed by atoms with Gasteiger partial charge in [0, 0.05) is 12.6 Å². The molecule has 0 spiro atoms. The summed E-state index contributed by atoms with van der Waals surface area (Å²) in [6.45, 7) is 2.32. The van der Waals surface area contributed by atoms with E-state index in [2.05, 4.69) is 0 Å². The topological polar surface area (TPSA) is 81.0 Å². The lowest BCUT2D eigenvalue weighted by molar-refractivity contribution is 0.0678. The third-order valence-electron chi connectivity index (χ3n) is 3.50. The summed E-state index contributed by atoms with van der Waals surface area (Å²) < 4.78 is 0. The van der Waals surface area contributed by atoms with E-state index in [9.17, 15) is 20.1 Å². The first-order valence-electron chi connectivity index (χ1n) is 6.50. The molecule has 19 heavy (non-hydrogen) atoms. The number of aliphatic hydroxyl groups is 1. The average Bonchev–Trinajstić information content (AvgIpc) is 2.79. The summed E-state index contributed by atoms with van der Waals surface area (Å²) in [5.41, 5.74) is 0.109. The van der Waals surface area contributed by atoms with Crippen molar-refractivity contribution in [3.8, 4) is 11.5 Å². The number of phenolic OH excluding ortho intramolecular Hbond substituents is 2. The van der Waals surface area contributed by atoms with E-state index in [0.717, 1.165) is 12.8 Å². The first kappa shape index (κ1) is 13.7. The van der Waals surface area contributed by atoms with Crippen LogP contribution >= 0.6 is 0 Å². The van der Waals surface area contributed by atoms with Gasteiger partial charge in [-0.25, -0.2) is 0 Å². The van der Waals surface area contributed by atoms with Crippen LogP contribution in [0.3, 0.4) is 0 Å². The molecule has 5 heteroatoms. The van der Waals surface area contributed by atoms with Crippen LogP contribution in [0.2, 0.25) is 0 Å². The average molecular weight is 265 g/mol. The Bertz CT molecular complexity index is 473. The number of likely N-dealkylation sites (tertiary alicyclic amines) is 1. The van der Waals surface area contributed by atoms with Crippen molar-refractivity contribution in [2.75, 3.05) is 6.54 Å². The molecule has 1 aromatic rings. The van der Waals surface area contributed by atoms with E-state index >= 15 is 0 Å². The maximum Gasteiger partial charge on any atom is 0.258 e. The van der Waals surface area contributed by atoms with Crippen molar-refractivity contribution in [3.05, 3.63) is 23.8 Å². The Balaban J connectivity index is 2.21. The smallest absolute Gasteiger partial charge is 0.258 e.